The quantitative estimate of drug-likeness (QED) is 0.721. The van der Waals surface area contributed by atoms with Crippen LogP contribution in [0.15, 0.2) is 58.5 Å². The van der Waals surface area contributed by atoms with Crippen molar-refractivity contribution < 1.29 is 29.7 Å². The smallest absolute Gasteiger partial charge is 0.872 e. The zero-order valence-electron chi connectivity index (χ0n) is 13.9. The summed E-state index contributed by atoms with van der Waals surface area (Å²) in [7, 11) is 0. The van der Waals surface area contributed by atoms with Gasteiger partial charge in [-0.3, -0.25) is 9.98 Å². The molecule has 0 aliphatic carbocycles. The second kappa shape index (κ2) is 9.18. The summed E-state index contributed by atoms with van der Waals surface area (Å²) in [4.78, 5) is 8.34. The van der Waals surface area contributed by atoms with Gasteiger partial charge in [0.15, 0.2) is 0 Å². The summed E-state index contributed by atoms with van der Waals surface area (Å²) in [5, 5.41) is 28.7. The number of hydrogen-bond donors (Lipinski definition) is 2. The van der Waals surface area contributed by atoms with E-state index in [1.807, 2.05) is 12.1 Å². The predicted octanol–water partition coefficient (Wildman–Crippen LogP) is 0.217. The summed E-state index contributed by atoms with van der Waals surface area (Å²) in [5.41, 5.74) is 1.35. The molecule has 0 fully saturated rings. The Bertz CT molecular complexity index is 712. The number of benzene rings is 2. The predicted molar refractivity (Wildman–Crippen MR) is 90.6 cm³/mol. The first-order valence-electron chi connectivity index (χ1n) is 7.85. The number of hydrogen-bond acceptors (Lipinski definition) is 6. The van der Waals surface area contributed by atoms with E-state index in [2.05, 4.69) is 20.6 Å². The number of rotatable bonds is 2. The normalized spacial score (nSPS) is 14.9. The van der Waals surface area contributed by atoms with E-state index in [0.717, 1.165) is 37.9 Å². The van der Waals surface area contributed by atoms with Crippen LogP contribution in [-0.2, 0) is 19.5 Å². The van der Waals surface area contributed by atoms with Crippen molar-refractivity contribution in [1.82, 2.24) is 10.6 Å². The molecule has 124 valence electrons. The van der Waals surface area contributed by atoms with Crippen LogP contribution >= 0.6 is 0 Å². The summed E-state index contributed by atoms with van der Waals surface area (Å²) in [6, 6.07) is 13.9. The molecule has 0 atom stereocenters. The van der Waals surface area contributed by atoms with Gasteiger partial charge in [0, 0.05) is 24.2 Å². The molecule has 4 rings (SSSR count). The molecule has 0 spiro atoms. The van der Waals surface area contributed by atoms with Crippen molar-refractivity contribution in [1.29, 1.82) is 0 Å². The molecule has 2 heterocycles. The minimum absolute atomic E-state index is 0. The van der Waals surface area contributed by atoms with E-state index in [9.17, 15) is 10.2 Å². The summed E-state index contributed by atoms with van der Waals surface area (Å²) < 4.78 is 0. The van der Waals surface area contributed by atoms with Gasteiger partial charge in [-0.2, -0.15) is 0 Å². The van der Waals surface area contributed by atoms with Crippen molar-refractivity contribution in [2.45, 2.75) is 0 Å². The first-order chi connectivity index (χ1) is 11.8. The molecule has 0 saturated heterocycles. The van der Waals surface area contributed by atoms with Gasteiger partial charge in [-0.05, 0) is 0 Å². The van der Waals surface area contributed by atoms with Gasteiger partial charge >= 0.3 is 19.5 Å². The van der Waals surface area contributed by atoms with E-state index in [4.69, 9.17) is 0 Å². The molecule has 2 aliphatic rings. The Kier molecular flexibility index (Phi) is 6.95. The van der Waals surface area contributed by atoms with Crippen LogP contribution in [0.5, 0.6) is 11.5 Å². The number of nitrogens with zero attached hydrogens (tertiary/aromatic N) is 2. The topological polar surface area (TPSA) is 94.9 Å². The summed E-state index contributed by atoms with van der Waals surface area (Å²) in [5.74, 6) is 1.54. The fourth-order valence-electron chi connectivity index (χ4n) is 2.48. The van der Waals surface area contributed by atoms with Gasteiger partial charge in [-0.15, -0.1) is 0 Å². The van der Waals surface area contributed by atoms with Crippen molar-refractivity contribution in [3.8, 4) is 11.5 Å². The maximum absolute atomic E-state index is 11.3. The summed E-state index contributed by atoms with van der Waals surface area (Å²) in [6.45, 7) is 3.21. The third-order valence-corrected chi connectivity index (χ3v) is 3.63. The maximum Gasteiger partial charge on any atom is 2.00 e. The van der Waals surface area contributed by atoms with E-state index in [-0.39, 0.29) is 31.0 Å². The average Bonchev–Trinajstić information content (AvgIpc) is 3.30. The van der Waals surface area contributed by atoms with Crippen LogP contribution in [0.1, 0.15) is 11.1 Å². The Balaban J connectivity index is 0.000000173. The molecular formula is C18H18N4O2Zn. The van der Waals surface area contributed by atoms with E-state index < -0.39 is 0 Å². The third-order valence-electron chi connectivity index (χ3n) is 3.63. The van der Waals surface area contributed by atoms with Crippen molar-refractivity contribution in [2.24, 2.45) is 9.98 Å². The molecule has 2 aromatic carbocycles. The molecule has 0 radical (unpaired) electrons. The van der Waals surface area contributed by atoms with Crippen LogP contribution in [0.25, 0.3) is 0 Å². The number of amidine groups is 2. The molecule has 0 aromatic heterocycles. The fraction of sp³-hybridized carbons (Fsp3) is 0.222. The zero-order valence-corrected chi connectivity index (χ0v) is 16.8. The van der Waals surface area contributed by atoms with Crippen molar-refractivity contribution in [2.75, 3.05) is 26.2 Å². The van der Waals surface area contributed by atoms with E-state index >= 15 is 0 Å². The largest absolute Gasteiger partial charge is 2.00 e. The minimum Gasteiger partial charge on any atom is -0.872 e. The van der Waals surface area contributed by atoms with Gasteiger partial charge in [0.25, 0.3) is 0 Å². The summed E-state index contributed by atoms with van der Waals surface area (Å²) >= 11 is 0. The van der Waals surface area contributed by atoms with Gasteiger partial charge in [-0.1, -0.05) is 60.0 Å². The molecule has 25 heavy (non-hydrogen) atoms. The molecule has 6 nitrogen and oxygen atoms in total. The van der Waals surface area contributed by atoms with Crippen LogP contribution in [-0.4, -0.2) is 37.9 Å². The monoisotopic (exact) mass is 386 g/mol. The third kappa shape index (κ3) is 4.80. The maximum atomic E-state index is 11.3. The van der Waals surface area contributed by atoms with Crippen molar-refractivity contribution in [3.63, 3.8) is 0 Å². The second-order valence-electron chi connectivity index (χ2n) is 5.31. The molecule has 2 aromatic rings. The average molecular weight is 388 g/mol. The molecule has 0 saturated carbocycles. The molecule has 0 bridgehead atoms. The van der Waals surface area contributed by atoms with Crippen LogP contribution in [0, 0.1) is 0 Å². The number of nitrogens with one attached hydrogen (secondary N) is 2. The second-order valence-corrected chi connectivity index (χ2v) is 5.31. The Morgan fingerprint density at radius 2 is 1.08 bits per heavy atom. The molecule has 0 amide bonds. The van der Waals surface area contributed by atoms with E-state index in [0.29, 0.717) is 11.1 Å². The number of para-hydroxylation sites is 2. The van der Waals surface area contributed by atoms with Crippen LogP contribution in [0.3, 0.4) is 0 Å². The van der Waals surface area contributed by atoms with Crippen molar-refractivity contribution >= 4 is 11.7 Å². The molecule has 2 N–H and O–H groups in total. The SMILES string of the molecule is [O-]c1ccccc1C1=NCCN1.[O-]c1ccccc1C1=NCCN1.[Zn+2]. The molecular weight excluding hydrogens is 370 g/mol. The van der Waals surface area contributed by atoms with Gasteiger partial charge < -0.3 is 20.8 Å². The fourth-order valence-corrected chi connectivity index (χ4v) is 2.48. The van der Waals surface area contributed by atoms with Crippen LogP contribution in [0.2, 0.25) is 0 Å². The first kappa shape index (κ1) is 18.9. The number of aliphatic imine (C=N–C) groups is 2. The molecule has 0 unspecified atom stereocenters. The van der Waals surface area contributed by atoms with Gasteiger partial charge in [0.05, 0.1) is 13.1 Å². The minimum atomic E-state index is 0. The molecule has 7 heteroatoms. The Morgan fingerprint density at radius 1 is 0.680 bits per heavy atom. The zero-order chi connectivity index (χ0) is 16.8. The van der Waals surface area contributed by atoms with Gasteiger partial charge in [-0.25, -0.2) is 0 Å². The molecule has 2 aliphatic heterocycles. The standard InChI is InChI=1S/2C9H10N2O.Zn/c2*12-8-4-2-1-3-7(8)9-10-5-6-11-9;/h2*1-4,12H,5-6H2,(H,10,11);/q;;+2/p-2. The van der Waals surface area contributed by atoms with Crippen LogP contribution in [0.4, 0.5) is 0 Å². The van der Waals surface area contributed by atoms with E-state index in [1.165, 1.54) is 0 Å². The first-order valence-corrected chi connectivity index (χ1v) is 7.85. The summed E-state index contributed by atoms with van der Waals surface area (Å²) in [6.07, 6.45) is 0. The Hall–Kier alpha value is -2.40. The van der Waals surface area contributed by atoms with Crippen molar-refractivity contribution in [3.05, 3.63) is 59.7 Å². The van der Waals surface area contributed by atoms with E-state index in [1.54, 1.807) is 36.4 Å². The Labute approximate surface area is 159 Å². The van der Waals surface area contributed by atoms with Gasteiger partial charge in [0.2, 0.25) is 0 Å². The van der Waals surface area contributed by atoms with Gasteiger partial charge in [0.1, 0.15) is 11.7 Å². The Morgan fingerprint density at radius 3 is 1.40 bits per heavy atom. The van der Waals surface area contributed by atoms with Crippen LogP contribution < -0.4 is 20.8 Å².